The second-order valence-electron chi connectivity index (χ2n) is 16.3. The first-order valence-electron chi connectivity index (χ1n) is 20.3. The van der Waals surface area contributed by atoms with Crippen LogP contribution in [0.3, 0.4) is 0 Å². The molecule has 302 valence electrons. The molecule has 58 heavy (non-hydrogen) atoms. The molecule has 6 heterocycles. The zero-order valence-electron chi connectivity index (χ0n) is 32.7. The van der Waals surface area contributed by atoms with Crippen molar-refractivity contribution in [3.8, 4) is 6.07 Å². The van der Waals surface area contributed by atoms with Crippen molar-refractivity contribution < 1.29 is 13.8 Å². The lowest BCUT2D eigenvalue weighted by Crippen LogP contribution is -2.49. The van der Waals surface area contributed by atoms with E-state index in [1.165, 1.54) is 5.56 Å². The number of aryl methyl sites for hydroxylation is 1. The van der Waals surface area contributed by atoms with Crippen LogP contribution in [0.2, 0.25) is 5.15 Å². The van der Waals surface area contributed by atoms with E-state index in [2.05, 4.69) is 61.9 Å². The number of anilines is 2. The Balaban J connectivity index is 0.776. The number of urea groups is 1. The molecule has 3 aromatic heterocycles. The Morgan fingerprint density at radius 1 is 1.00 bits per heavy atom. The maximum atomic E-state index is 13.9. The molecule has 3 amide bonds. The molecule has 3 saturated heterocycles. The third-order valence-corrected chi connectivity index (χ3v) is 13.9. The number of imide groups is 1. The summed E-state index contributed by atoms with van der Waals surface area (Å²) in [5.74, 6) is 1.60. The van der Waals surface area contributed by atoms with Crippen molar-refractivity contribution in [2.45, 2.75) is 81.2 Å². The Bertz CT molecular complexity index is 2460. The number of aromatic nitrogens is 6. The number of carbonyl (C=O) groups excluding carboxylic acids is 2. The molecule has 2 atom stereocenters. The molecule has 0 spiro atoms. The van der Waals surface area contributed by atoms with Gasteiger partial charge in [-0.2, -0.15) is 20.4 Å². The molecule has 4 aliphatic rings. The van der Waals surface area contributed by atoms with E-state index in [9.17, 15) is 19.1 Å². The van der Waals surface area contributed by atoms with Crippen LogP contribution in [0.1, 0.15) is 80.5 Å². The number of nitrogens with one attached hydrogen (secondary N) is 2. The summed E-state index contributed by atoms with van der Waals surface area (Å²) in [6.07, 6.45) is 8.57. The molecule has 2 N–H and O–H groups in total. The van der Waals surface area contributed by atoms with Gasteiger partial charge in [0.15, 0.2) is 16.6 Å². The molecular formula is C41H47ClN12O3S. The van der Waals surface area contributed by atoms with Crippen LogP contribution in [0.5, 0.6) is 0 Å². The summed E-state index contributed by atoms with van der Waals surface area (Å²) < 4.78 is 19.6. The average Bonchev–Trinajstić information content (AvgIpc) is 3.95. The third-order valence-electron chi connectivity index (χ3n) is 12.1. The SMILES string of the molecule is CC(Cc1cc(S(=O)N2CCC(Nc3ncc4c(Cl)nn(C5CC5)c4n3)CC2)ccc1C#N)CN1CCC(c2ccc3c(N4CCC(=O)NC4=O)nn(C)c3c2)CC1. The first-order chi connectivity index (χ1) is 28.1. The standard InChI is InChI=1S/C41H47ClN12O3S/c1-25(24-51-14-9-26(10-15-51)27-4-8-33-35(21-27)50(2)49-39(33)53-18-13-36(55)46-41(53)56)19-29-20-32(7-3-28(29)22-43)58(57)52-16-11-30(12-17-52)45-40-44-23-34-37(42)48-54(31-5-6-31)38(34)47-40/h3-4,7-8,20-21,23,25-26,30-31H,5-6,9-19,24H2,1-2H3,(H,44,45,47)(H,46,55,56). The lowest BCUT2D eigenvalue weighted by Gasteiger charge is -2.34. The minimum atomic E-state index is -1.34. The fourth-order valence-electron chi connectivity index (χ4n) is 8.79. The largest absolute Gasteiger partial charge is 0.351 e. The summed E-state index contributed by atoms with van der Waals surface area (Å²) in [5.41, 5.74) is 4.58. The molecule has 3 aliphatic heterocycles. The van der Waals surface area contributed by atoms with Crippen LogP contribution >= 0.6 is 11.6 Å². The van der Waals surface area contributed by atoms with E-state index >= 15 is 0 Å². The van der Waals surface area contributed by atoms with Gasteiger partial charge in [-0.25, -0.2) is 23.0 Å². The van der Waals surface area contributed by atoms with Crippen molar-refractivity contribution in [1.29, 1.82) is 5.26 Å². The summed E-state index contributed by atoms with van der Waals surface area (Å²) in [6.45, 7) is 6.75. The number of piperidine rings is 2. The van der Waals surface area contributed by atoms with Crippen LogP contribution in [-0.2, 0) is 29.2 Å². The molecule has 9 rings (SSSR count). The van der Waals surface area contributed by atoms with Gasteiger partial charge in [0, 0.05) is 57.3 Å². The van der Waals surface area contributed by atoms with E-state index in [0.717, 1.165) is 97.0 Å². The highest BCUT2D eigenvalue weighted by Crippen LogP contribution is 2.38. The number of hydrogen-bond acceptors (Lipinski definition) is 10. The van der Waals surface area contributed by atoms with Gasteiger partial charge < -0.3 is 10.2 Å². The maximum Gasteiger partial charge on any atom is 0.329 e. The van der Waals surface area contributed by atoms with Gasteiger partial charge in [-0.15, -0.1) is 0 Å². The molecule has 2 unspecified atom stereocenters. The number of likely N-dealkylation sites (tertiary alicyclic amines) is 1. The van der Waals surface area contributed by atoms with Crippen molar-refractivity contribution >= 4 is 68.2 Å². The average molecular weight is 823 g/mol. The Morgan fingerprint density at radius 2 is 1.79 bits per heavy atom. The second kappa shape index (κ2) is 16.0. The summed E-state index contributed by atoms with van der Waals surface area (Å²) in [6, 6.07) is 14.5. The fourth-order valence-corrected chi connectivity index (χ4v) is 10.3. The Kier molecular flexibility index (Phi) is 10.6. The minimum Gasteiger partial charge on any atom is -0.351 e. The predicted octanol–water partition coefficient (Wildman–Crippen LogP) is 5.68. The highest BCUT2D eigenvalue weighted by Gasteiger charge is 2.31. The zero-order chi connectivity index (χ0) is 40.1. The fraction of sp³-hybridized carbons (Fsp3) is 0.488. The van der Waals surface area contributed by atoms with E-state index in [-0.39, 0.29) is 18.4 Å². The molecule has 1 saturated carbocycles. The second-order valence-corrected chi connectivity index (χ2v) is 18.1. The Labute approximate surface area is 344 Å². The molecule has 15 nitrogen and oxygen atoms in total. The quantitative estimate of drug-likeness (QED) is 0.169. The van der Waals surface area contributed by atoms with Gasteiger partial charge in [0.1, 0.15) is 11.0 Å². The Morgan fingerprint density at radius 3 is 2.53 bits per heavy atom. The predicted molar refractivity (Wildman–Crippen MR) is 222 cm³/mol. The third kappa shape index (κ3) is 7.80. The van der Waals surface area contributed by atoms with Gasteiger partial charge in [-0.1, -0.05) is 24.6 Å². The topological polar surface area (TPSA) is 170 Å². The van der Waals surface area contributed by atoms with E-state index in [1.54, 1.807) is 11.1 Å². The Hall–Kier alpha value is -4.95. The number of benzene rings is 2. The smallest absolute Gasteiger partial charge is 0.329 e. The molecule has 2 aromatic carbocycles. The number of carbonyl (C=O) groups is 2. The van der Waals surface area contributed by atoms with Gasteiger partial charge >= 0.3 is 6.03 Å². The number of fused-ring (bicyclic) bond motifs is 2. The highest BCUT2D eigenvalue weighted by atomic mass is 35.5. The number of nitriles is 1. The number of hydrogen-bond donors (Lipinski definition) is 2. The highest BCUT2D eigenvalue weighted by molar-refractivity contribution is 7.82. The summed E-state index contributed by atoms with van der Waals surface area (Å²) in [5, 5.41) is 27.1. The zero-order valence-corrected chi connectivity index (χ0v) is 34.3. The number of halogens is 1. The first kappa shape index (κ1) is 38.6. The summed E-state index contributed by atoms with van der Waals surface area (Å²) in [7, 11) is 0.554. The van der Waals surface area contributed by atoms with Gasteiger partial charge in [0.05, 0.1) is 33.5 Å². The molecule has 5 aromatic rings. The van der Waals surface area contributed by atoms with Crippen LogP contribution < -0.4 is 15.5 Å². The van der Waals surface area contributed by atoms with E-state index in [0.29, 0.717) is 60.0 Å². The summed E-state index contributed by atoms with van der Waals surface area (Å²) >= 11 is 6.34. The van der Waals surface area contributed by atoms with Crippen LogP contribution in [-0.4, -0.2) is 100 Å². The van der Waals surface area contributed by atoms with Gasteiger partial charge in [0.25, 0.3) is 0 Å². The van der Waals surface area contributed by atoms with Crippen LogP contribution in [0, 0.1) is 17.2 Å². The monoisotopic (exact) mass is 822 g/mol. The van der Waals surface area contributed by atoms with Crippen molar-refractivity contribution in [3.05, 3.63) is 64.4 Å². The van der Waals surface area contributed by atoms with Crippen LogP contribution in [0.25, 0.3) is 21.9 Å². The lowest BCUT2D eigenvalue weighted by molar-refractivity contribution is -0.120. The molecule has 4 fully saturated rings. The minimum absolute atomic E-state index is 0.157. The van der Waals surface area contributed by atoms with Crippen LogP contribution in [0.4, 0.5) is 16.6 Å². The van der Waals surface area contributed by atoms with Crippen molar-refractivity contribution in [2.75, 3.05) is 49.5 Å². The first-order valence-corrected chi connectivity index (χ1v) is 21.8. The molecule has 0 radical (unpaired) electrons. The van der Waals surface area contributed by atoms with Crippen molar-refractivity contribution in [2.24, 2.45) is 13.0 Å². The number of amides is 3. The lowest BCUT2D eigenvalue weighted by atomic mass is 9.88. The molecular weight excluding hydrogens is 776 g/mol. The van der Waals surface area contributed by atoms with Crippen molar-refractivity contribution in [3.63, 3.8) is 0 Å². The van der Waals surface area contributed by atoms with E-state index in [1.807, 2.05) is 38.9 Å². The van der Waals surface area contributed by atoms with Gasteiger partial charge in [-0.05, 0) is 111 Å². The maximum absolute atomic E-state index is 13.9. The molecule has 17 heteroatoms. The number of nitrogens with zero attached hydrogens (tertiary/aromatic N) is 10. The normalized spacial score (nSPS) is 20.1. The van der Waals surface area contributed by atoms with Gasteiger partial charge in [0.2, 0.25) is 11.9 Å². The van der Waals surface area contributed by atoms with Crippen LogP contribution in [0.15, 0.2) is 47.5 Å². The van der Waals surface area contributed by atoms with Crippen molar-refractivity contribution in [1.82, 2.24) is 44.1 Å². The molecule has 1 aliphatic carbocycles. The van der Waals surface area contributed by atoms with E-state index in [4.69, 9.17) is 16.6 Å². The van der Waals surface area contributed by atoms with Gasteiger partial charge in [-0.3, -0.25) is 19.7 Å². The molecule has 0 bridgehead atoms. The number of rotatable bonds is 11. The van der Waals surface area contributed by atoms with E-state index < -0.39 is 17.0 Å². The summed E-state index contributed by atoms with van der Waals surface area (Å²) in [4.78, 5) is 38.3.